The third-order valence-electron chi connectivity index (χ3n) is 3.16. The SMILES string of the molecule is CC(C)N(CCCC(=O)O)Cc1ccc([N+](=O)[O-])c(F)c1. The number of halogens is 1. The quantitative estimate of drug-likeness (QED) is 0.589. The summed E-state index contributed by atoms with van der Waals surface area (Å²) in [6.07, 6.45) is 0.584. The lowest BCUT2D eigenvalue weighted by atomic mass is 10.1. The third-order valence-corrected chi connectivity index (χ3v) is 3.16. The number of nitro groups is 1. The van der Waals surface area contributed by atoms with Gasteiger partial charge >= 0.3 is 11.7 Å². The maximum atomic E-state index is 13.6. The Kier molecular flexibility index (Phi) is 6.23. The average molecular weight is 298 g/mol. The molecule has 0 atom stereocenters. The van der Waals surface area contributed by atoms with Crippen molar-refractivity contribution in [3.63, 3.8) is 0 Å². The summed E-state index contributed by atoms with van der Waals surface area (Å²) in [6, 6.07) is 4.00. The fraction of sp³-hybridized carbons (Fsp3) is 0.500. The summed E-state index contributed by atoms with van der Waals surface area (Å²) in [5.74, 6) is -1.70. The van der Waals surface area contributed by atoms with Crippen LogP contribution in [0.5, 0.6) is 0 Å². The molecule has 0 aliphatic rings. The molecule has 1 N–H and O–H groups in total. The Balaban J connectivity index is 2.73. The molecule has 0 saturated carbocycles. The molecule has 1 aromatic rings. The Morgan fingerprint density at radius 1 is 1.48 bits per heavy atom. The summed E-state index contributed by atoms with van der Waals surface area (Å²) in [5, 5.41) is 19.2. The molecule has 0 spiro atoms. The van der Waals surface area contributed by atoms with Crippen molar-refractivity contribution in [2.45, 2.75) is 39.3 Å². The van der Waals surface area contributed by atoms with Gasteiger partial charge in [0.1, 0.15) is 0 Å². The molecule has 7 heteroatoms. The van der Waals surface area contributed by atoms with Crippen molar-refractivity contribution in [3.05, 3.63) is 39.7 Å². The summed E-state index contributed by atoms with van der Waals surface area (Å²) in [4.78, 5) is 22.3. The van der Waals surface area contributed by atoms with E-state index in [1.54, 1.807) is 0 Å². The van der Waals surface area contributed by atoms with Crippen LogP contribution in [0.4, 0.5) is 10.1 Å². The zero-order valence-corrected chi connectivity index (χ0v) is 12.1. The van der Waals surface area contributed by atoms with Gasteiger partial charge in [0.15, 0.2) is 0 Å². The molecule has 21 heavy (non-hydrogen) atoms. The van der Waals surface area contributed by atoms with Crippen molar-refractivity contribution in [3.8, 4) is 0 Å². The van der Waals surface area contributed by atoms with Crippen molar-refractivity contribution in [1.82, 2.24) is 4.90 Å². The first-order valence-corrected chi connectivity index (χ1v) is 6.70. The summed E-state index contributed by atoms with van der Waals surface area (Å²) in [7, 11) is 0. The van der Waals surface area contributed by atoms with Crippen LogP contribution >= 0.6 is 0 Å². The molecule has 0 aliphatic heterocycles. The van der Waals surface area contributed by atoms with Gasteiger partial charge in [-0.3, -0.25) is 19.8 Å². The zero-order chi connectivity index (χ0) is 16.0. The molecule has 0 heterocycles. The number of carboxylic acid groups (broad SMARTS) is 1. The van der Waals surface area contributed by atoms with Crippen LogP contribution in [0.15, 0.2) is 18.2 Å². The van der Waals surface area contributed by atoms with E-state index >= 15 is 0 Å². The molecule has 0 unspecified atom stereocenters. The highest BCUT2D eigenvalue weighted by molar-refractivity contribution is 5.66. The minimum Gasteiger partial charge on any atom is -0.481 e. The van der Waals surface area contributed by atoms with Gasteiger partial charge in [0.25, 0.3) is 0 Å². The number of rotatable bonds is 8. The number of carbonyl (C=O) groups is 1. The fourth-order valence-electron chi connectivity index (χ4n) is 1.98. The second kappa shape index (κ2) is 7.68. The molecule has 0 aromatic heterocycles. The van der Waals surface area contributed by atoms with Crippen molar-refractivity contribution >= 4 is 11.7 Å². The first-order chi connectivity index (χ1) is 9.81. The van der Waals surface area contributed by atoms with E-state index in [-0.39, 0.29) is 12.5 Å². The monoisotopic (exact) mass is 298 g/mol. The molecular formula is C14H19FN2O4. The Morgan fingerprint density at radius 2 is 2.14 bits per heavy atom. The molecule has 1 rings (SSSR count). The van der Waals surface area contributed by atoms with Gasteiger partial charge in [-0.1, -0.05) is 6.07 Å². The van der Waals surface area contributed by atoms with Gasteiger partial charge in [-0.05, 0) is 38.4 Å². The second-order valence-corrected chi connectivity index (χ2v) is 5.10. The third kappa shape index (κ3) is 5.47. The van der Waals surface area contributed by atoms with Gasteiger partial charge in [0.2, 0.25) is 5.82 Å². The highest BCUT2D eigenvalue weighted by atomic mass is 19.1. The van der Waals surface area contributed by atoms with Crippen molar-refractivity contribution in [2.75, 3.05) is 6.54 Å². The van der Waals surface area contributed by atoms with E-state index in [2.05, 4.69) is 0 Å². The zero-order valence-electron chi connectivity index (χ0n) is 12.1. The number of aliphatic carboxylic acids is 1. The Labute approximate surface area is 122 Å². The van der Waals surface area contributed by atoms with E-state index in [0.717, 1.165) is 12.1 Å². The van der Waals surface area contributed by atoms with Crippen LogP contribution in [0.2, 0.25) is 0 Å². The number of carboxylic acids is 1. The normalized spacial score (nSPS) is 11.1. The lowest BCUT2D eigenvalue weighted by Gasteiger charge is -2.26. The Bertz CT molecular complexity index is 520. The van der Waals surface area contributed by atoms with Crippen molar-refractivity contribution < 1.29 is 19.2 Å². The first-order valence-electron chi connectivity index (χ1n) is 6.70. The molecule has 0 radical (unpaired) electrons. The molecule has 0 amide bonds. The lowest BCUT2D eigenvalue weighted by Crippen LogP contribution is -2.31. The van der Waals surface area contributed by atoms with Crippen LogP contribution in [0.1, 0.15) is 32.3 Å². The molecule has 6 nitrogen and oxygen atoms in total. The van der Waals surface area contributed by atoms with Gasteiger partial charge in [-0.15, -0.1) is 0 Å². The summed E-state index contributed by atoms with van der Waals surface area (Å²) < 4.78 is 13.6. The maximum Gasteiger partial charge on any atom is 0.304 e. The Morgan fingerprint density at radius 3 is 2.62 bits per heavy atom. The van der Waals surface area contributed by atoms with Crippen LogP contribution in [-0.4, -0.2) is 33.5 Å². The minimum absolute atomic E-state index is 0.0812. The number of nitro benzene ring substituents is 1. The van der Waals surface area contributed by atoms with Crippen LogP contribution in [-0.2, 0) is 11.3 Å². The fourth-order valence-corrected chi connectivity index (χ4v) is 1.98. The van der Waals surface area contributed by atoms with Crippen LogP contribution < -0.4 is 0 Å². The topological polar surface area (TPSA) is 83.7 Å². The van der Waals surface area contributed by atoms with E-state index in [1.807, 2.05) is 18.7 Å². The largest absolute Gasteiger partial charge is 0.481 e. The lowest BCUT2D eigenvalue weighted by molar-refractivity contribution is -0.387. The molecule has 1 aromatic carbocycles. The number of benzene rings is 1. The molecule has 0 fully saturated rings. The van der Waals surface area contributed by atoms with E-state index < -0.39 is 22.4 Å². The van der Waals surface area contributed by atoms with Gasteiger partial charge in [0, 0.05) is 25.1 Å². The number of nitrogens with zero attached hydrogens (tertiary/aromatic N) is 2. The smallest absolute Gasteiger partial charge is 0.304 e. The molecule has 0 aliphatic carbocycles. The summed E-state index contributed by atoms with van der Waals surface area (Å²) >= 11 is 0. The van der Waals surface area contributed by atoms with Crippen LogP contribution in [0.25, 0.3) is 0 Å². The van der Waals surface area contributed by atoms with E-state index in [0.29, 0.717) is 25.1 Å². The van der Waals surface area contributed by atoms with E-state index in [9.17, 15) is 19.3 Å². The molecular weight excluding hydrogens is 279 g/mol. The van der Waals surface area contributed by atoms with Crippen molar-refractivity contribution in [2.24, 2.45) is 0 Å². The van der Waals surface area contributed by atoms with E-state index in [4.69, 9.17) is 5.11 Å². The molecule has 0 bridgehead atoms. The number of hydrogen-bond acceptors (Lipinski definition) is 4. The van der Waals surface area contributed by atoms with Gasteiger partial charge in [-0.25, -0.2) is 0 Å². The maximum absolute atomic E-state index is 13.6. The van der Waals surface area contributed by atoms with Crippen LogP contribution in [0.3, 0.4) is 0 Å². The van der Waals surface area contributed by atoms with Gasteiger partial charge < -0.3 is 5.11 Å². The highest BCUT2D eigenvalue weighted by Crippen LogP contribution is 2.19. The minimum atomic E-state index is -0.855. The number of hydrogen-bond donors (Lipinski definition) is 1. The summed E-state index contributed by atoms with van der Waals surface area (Å²) in [5.41, 5.74) is 0.0860. The second-order valence-electron chi connectivity index (χ2n) is 5.10. The van der Waals surface area contributed by atoms with Gasteiger partial charge in [-0.2, -0.15) is 4.39 Å². The standard InChI is InChI=1S/C14H19FN2O4/c1-10(2)16(7-3-4-14(18)19)9-11-5-6-13(17(20)21)12(15)8-11/h5-6,8,10H,3-4,7,9H2,1-2H3,(H,18,19). The highest BCUT2D eigenvalue weighted by Gasteiger charge is 2.16. The van der Waals surface area contributed by atoms with Gasteiger partial charge in [0.05, 0.1) is 4.92 Å². The first kappa shape index (κ1) is 17.0. The predicted molar refractivity (Wildman–Crippen MR) is 75.5 cm³/mol. The van der Waals surface area contributed by atoms with Crippen LogP contribution in [0, 0.1) is 15.9 Å². The van der Waals surface area contributed by atoms with E-state index in [1.165, 1.54) is 6.07 Å². The predicted octanol–water partition coefficient (Wildman–Crippen LogP) is 2.81. The molecule has 0 saturated heterocycles. The molecule has 116 valence electrons. The van der Waals surface area contributed by atoms with Crippen molar-refractivity contribution in [1.29, 1.82) is 0 Å². The Hall–Kier alpha value is -2.02. The summed E-state index contributed by atoms with van der Waals surface area (Å²) in [6.45, 7) is 4.92. The average Bonchev–Trinajstić information content (AvgIpc) is 2.36.